The second-order valence-corrected chi connectivity index (χ2v) is 5.12. The van der Waals surface area contributed by atoms with Crippen LogP contribution in [0.2, 0.25) is 0 Å². The molecule has 1 amide bonds. The summed E-state index contributed by atoms with van der Waals surface area (Å²) in [5.74, 6) is 0.459. The molecule has 0 saturated heterocycles. The molecule has 2 atom stereocenters. The van der Waals surface area contributed by atoms with Gasteiger partial charge >= 0.3 is 0 Å². The Hall–Kier alpha value is -1.35. The van der Waals surface area contributed by atoms with E-state index in [-0.39, 0.29) is 11.9 Å². The second-order valence-electron chi connectivity index (χ2n) is 5.12. The monoisotopic (exact) mass is 248 g/mol. The van der Waals surface area contributed by atoms with Crippen LogP contribution in [0.4, 0.5) is 0 Å². The van der Waals surface area contributed by atoms with Crippen molar-refractivity contribution in [3.05, 3.63) is 35.9 Å². The minimum atomic E-state index is -0.414. The van der Waals surface area contributed by atoms with Crippen molar-refractivity contribution in [1.29, 1.82) is 0 Å². The van der Waals surface area contributed by atoms with Crippen LogP contribution in [0.3, 0.4) is 0 Å². The molecule has 3 N–H and O–H groups in total. The van der Waals surface area contributed by atoms with Crippen LogP contribution in [-0.2, 0) is 4.79 Å². The first kappa shape index (κ1) is 14.7. The van der Waals surface area contributed by atoms with Crippen molar-refractivity contribution in [3.63, 3.8) is 0 Å². The van der Waals surface area contributed by atoms with Gasteiger partial charge in [0, 0.05) is 0 Å². The van der Waals surface area contributed by atoms with Gasteiger partial charge < -0.3 is 11.1 Å². The Kier molecular flexibility index (Phi) is 5.86. The maximum absolute atomic E-state index is 11.9. The number of carbonyl (C=O) groups excluding carboxylic acids is 1. The van der Waals surface area contributed by atoms with Crippen LogP contribution < -0.4 is 11.1 Å². The van der Waals surface area contributed by atoms with E-state index in [4.69, 9.17) is 5.73 Å². The third kappa shape index (κ3) is 4.49. The number of nitrogens with two attached hydrogens (primary N) is 1. The smallest absolute Gasteiger partial charge is 0.237 e. The summed E-state index contributed by atoms with van der Waals surface area (Å²) in [4.78, 5) is 11.9. The van der Waals surface area contributed by atoms with Crippen LogP contribution in [0.1, 0.15) is 45.2 Å². The summed E-state index contributed by atoms with van der Waals surface area (Å²) < 4.78 is 0. The Morgan fingerprint density at radius 1 is 1.28 bits per heavy atom. The Morgan fingerprint density at radius 2 is 1.89 bits per heavy atom. The van der Waals surface area contributed by atoms with Gasteiger partial charge in [0.05, 0.1) is 12.1 Å². The molecule has 0 saturated carbocycles. The second kappa shape index (κ2) is 7.17. The molecule has 1 rings (SSSR count). The van der Waals surface area contributed by atoms with Crippen molar-refractivity contribution < 1.29 is 4.79 Å². The molecule has 100 valence electrons. The van der Waals surface area contributed by atoms with Crippen LogP contribution in [0.25, 0.3) is 0 Å². The zero-order valence-corrected chi connectivity index (χ0v) is 11.5. The fraction of sp³-hybridized carbons (Fsp3) is 0.533. The standard InChI is InChI=1S/C15H24N2O/c1-4-13(16)15(18)17-14(10-11(2)3)12-8-6-5-7-9-12/h5-9,11,13-14H,4,10,16H2,1-3H3,(H,17,18)/t13-,14?/m1/s1. The molecule has 0 aliphatic carbocycles. The van der Waals surface area contributed by atoms with E-state index >= 15 is 0 Å². The molecule has 1 aromatic rings. The maximum Gasteiger partial charge on any atom is 0.237 e. The summed E-state index contributed by atoms with van der Waals surface area (Å²) in [5, 5.41) is 3.05. The SMILES string of the molecule is CC[C@@H](N)C(=O)NC(CC(C)C)c1ccccc1. The molecule has 3 nitrogen and oxygen atoms in total. The summed E-state index contributed by atoms with van der Waals surface area (Å²) in [5.41, 5.74) is 6.90. The molecule has 1 aromatic carbocycles. The Bertz CT molecular complexity index is 362. The lowest BCUT2D eigenvalue weighted by atomic mass is 9.96. The summed E-state index contributed by atoms with van der Waals surface area (Å²) in [7, 11) is 0. The van der Waals surface area contributed by atoms with Crippen LogP contribution in [-0.4, -0.2) is 11.9 Å². The van der Waals surface area contributed by atoms with Gasteiger partial charge in [-0.15, -0.1) is 0 Å². The molecule has 0 aliphatic rings. The van der Waals surface area contributed by atoms with Gasteiger partial charge in [0.25, 0.3) is 0 Å². The summed E-state index contributed by atoms with van der Waals surface area (Å²) in [6.45, 7) is 6.23. The summed E-state index contributed by atoms with van der Waals surface area (Å²) in [6, 6.07) is 9.70. The van der Waals surface area contributed by atoms with E-state index in [0.29, 0.717) is 12.3 Å². The van der Waals surface area contributed by atoms with Crippen molar-refractivity contribution in [2.24, 2.45) is 11.7 Å². The van der Waals surface area contributed by atoms with Crippen molar-refractivity contribution >= 4 is 5.91 Å². The number of hydrogen-bond donors (Lipinski definition) is 2. The predicted molar refractivity (Wildman–Crippen MR) is 75.0 cm³/mol. The number of hydrogen-bond acceptors (Lipinski definition) is 2. The highest BCUT2D eigenvalue weighted by Crippen LogP contribution is 2.21. The topological polar surface area (TPSA) is 55.1 Å². The highest BCUT2D eigenvalue weighted by atomic mass is 16.2. The first-order valence-corrected chi connectivity index (χ1v) is 6.65. The fourth-order valence-corrected chi connectivity index (χ4v) is 1.90. The van der Waals surface area contributed by atoms with Gasteiger partial charge in [0.2, 0.25) is 5.91 Å². The van der Waals surface area contributed by atoms with Crippen molar-refractivity contribution in [2.45, 2.75) is 45.7 Å². The molecule has 0 spiro atoms. The molecule has 0 aromatic heterocycles. The molecule has 0 aliphatic heterocycles. The molecule has 0 fully saturated rings. The van der Waals surface area contributed by atoms with Gasteiger partial charge in [-0.25, -0.2) is 0 Å². The van der Waals surface area contributed by atoms with E-state index < -0.39 is 6.04 Å². The van der Waals surface area contributed by atoms with Crippen LogP contribution in [0.5, 0.6) is 0 Å². The Balaban J connectivity index is 2.77. The lowest BCUT2D eigenvalue weighted by Crippen LogP contribution is -2.42. The minimum Gasteiger partial charge on any atom is -0.348 e. The van der Waals surface area contributed by atoms with Crippen molar-refractivity contribution in [3.8, 4) is 0 Å². The van der Waals surface area contributed by atoms with Gasteiger partial charge in [-0.1, -0.05) is 51.1 Å². The zero-order chi connectivity index (χ0) is 13.5. The summed E-state index contributed by atoms with van der Waals surface area (Å²) >= 11 is 0. The van der Waals surface area contributed by atoms with Crippen molar-refractivity contribution in [2.75, 3.05) is 0 Å². The van der Waals surface area contributed by atoms with E-state index in [1.54, 1.807) is 0 Å². The molecular formula is C15H24N2O. The number of benzene rings is 1. The van der Waals surface area contributed by atoms with Gasteiger partial charge in [0.1, 0.15) is 0 Å². The fourth-order valence-electron chi connectivity index (χ4n) is 1.90. The quantitative estimate of drug-likeness (QED) is 0.813. The number of nitrogens with one attached hydrogen (secondary N) is 1. The van der Waals surface area contributed by atoms with E-state index in [9.17, 15) is 4.79 Å². The van der Waals surface area contributed by atoms with E-state index in [0.717, 1.165) is 12.0 Å². The molecular weight excluding hydrogens is 224 g/mol. The third-order valence-corrected chi connectivity index (χ3v) is 3.00. The Labute approximate surface area is 110 Å². The molecule has 18 heavy (non-hydrogen) atoms. The van der Waals surface area contributed by atoms with E-state index in [1.807, 2.05) is 37.3 Å². The number of carbonyl (C=O) groups is 1. The normalized spacial score (nSPS) is 14.3. The summed E-state index contributed by atoms with van der Waals surface area (Å²) in [6.07, 6.45) is 1.58. The first-order chi connectivity index (χ1) is 8.54. The van der Waals surface area contributed by atoms with Gasteiger partial charge in [-0.05, 0) is 24.3 Å². The minimum absolute atomic E-state index is 0.0521. The first-order valence-electron chi connectivity index (χ1n) is 6.65. The lowest BCUT2D eigenvalue weighted by Gasteiger charge is -2.22. The lowest BCUT2D eigenvalue weighted by molar-refractivity contribution is -0.123. The largest absolute Gasteiger partial charge is 0.348 e. The molecule has 0 bridgehead atoms. The number of rotatable bonds is 6. The molecule has 0 radical (unpaired) electrons. The molecule has 3 heteroatoms. The molecule has 1 unspecified atom stereocenters. The third-order valence-electron chi connectivity index (χ3n) is 3.00. The van der Waals surface area contributed by atoms with Gasteiger partial charge in [0.15, 0.2) is 0 Å². The van der Waals surface area contributed by atoms with Crippen LogP contribution >= 0.6 is 0 Å². The zero-order valence-electron chi connectivity index (χ0n) is 11.5. The maximum atomic E-state index is 11.9. The van der Waals surface area contributed by atoms with E-state index in [1.165, 1.54) is 0 Å². The number of amides is 1. The Morgan fingerprint density at radius 3 is 2.39 bits per heavy atom. The van der Waals surface area contributed by atoms with Crippen LogP contribution in [0.15, 0.2) is 30.3 Å². The average Bonchev–Trinajstić information content (AvgIpc) is 2.37. The highest BCUT2D eigenvalue weighted by Gasteiger charge is 2.18. The van der Waals surface area contributed by atoms with E-state index in [2.05, 4.69) is 19.2 Å². The van der Waals surface area contributed by atoms with Gasteiger partial charge in [-0.3, -0.25) is 4.79 Å². The van der Waals surface area contributed by atoms with Crippen LogP contribution in [0, 0.1) is 5.92 Å². The highest BCUT2D eigenvalue weighted by molar-refractivity contribution is 5.81. The predicted octanol–water partition coefficient (Wildman–Crippen LogP) is 2.63. The van der Waals surface area contributed by atoms with Crippen molar-refractivity contribution in [1.82, 2.24) is 5.32 Å². The average molecular weight is 248 g/mol. The van der Waals surface area contributed by atoms with Gasteiger partial charge in [-0.2, -0.15) is 0 Å². The molecule has 0 heterocycles.